The summed E-state index contributed by atoms with van der Waals surface area (Å²) < 4.78 is 1.10. The van der Waals surface area contributed by atoms with Crippen LogP contribution in [-0.2, 0) is 0 Å². The number of aryl methyl sites for hydroxylation is 1. The van der Waals surface area contributed by atoms with Crippen LogP contribution in [0.25, 0.3) is 0 Å². The lowest BCUT2D eigenvalue weighted by molar-refractivity contribution is 0.931. The molecule has 1 unspecified atom stereocenters. The van der Waals surface area contributed by atoms with E-state index in [9.17, 15) is 0 Å². The van der Waals surface area contributed by atoms with E-state index in [0.717, 1.165) is 4.47 Å². The van der Waals surface area contributed by atoms with Gasteiger partial charge in [-0.15, -0.1) is 11.8 Å². The molecule has 1 nitrogen and oxygen atoms in total. The van der Waals surface area contributed by atoms with E-state index in [1.165, 1.54) is 16.0 Å². The second kappa shape index (κ2) is 6.41. The molecular weight excluding hydrogens is 306 g/mol. The van der Waals surface area contributed by atoms with E-state index in [2.05, 4.69) is 71.4 Å². The van der Waals surface area contributed by atoms with Crippen molar-refractivity contribution in [1.82, 2.24) is 0 Å². The summed E-state index contributed by atoms with van der Waals surface area (Å²) >= 11 is 5.27. The lowest BCUT2D eigenvalue weighted by Crippen LogP contribution is -2.10. The van der Waals surface area contributed by atoms with Crippen molar-refractivity contribution in [1.29, 1.82) is 0 Å². The molecule has 0 spiro atoms. The Morgan fingerprint density at radius 3 is 2.39 bits per heavy atom. The van der Waals surface area contributed by atoms with Crippen LogP contribution in [0.1, 0.15) is 16.4 Å². The smallest absolute Gasteiger partial charge is 0.0469 e. The molecule has 1 atom stereocenters. The van der Waals surface area contributed by atoms with Crippen LogP contribution in [0, 0.1) is 6.92 Å². The Morgan fingerprint density at radius 2 is 1.78 bits per heavy atom. The minimum absolute atomic E-state index is 0.312. The summed E-state index contributed by atoms with van der Waals surface area (Å²) in [6, 6.07) is 16.8. The zero-order valence-corrected chi connectivity index (χ0v) is 12.7. The van der Waals surface area contributed by atoms with Crippen molar-refractivity contribution in [3.8, 4) is 0 Å². The van der Waals surface area contributed by atoms with Gasteiger partial charge in [-0.05, 0) is 42.3 Å². The molecule has 3 heteroatoms. The molecule has 2 aromatic carbocycles. The van der Waals surface area contributed by atoms with Crippen LogP contribution >= 0.6 is 27.7 Å². The summed E-state index contributed by atoms with van der Waals surface area (Å²) in [7, 11) is 0. The molecule has 2 rings (SSSR count). The Kier molecular flexibility index (Phi) is 4.87. The van der Waals surface area contributed by atoms with Gasteiger partial charge >= 0.3 is 0 Å². The lowest BCUT2D eigenvalue weighted by Gasteiger charge is -2.17. The van der Waals surface area contributed by atoms with Crippen molar-refractivity contribution in [3.63, 3.8) is 0 Å². The fraction of sp³-hybridized carbons (Fsp3) is 0.200. The minimum atomic E-state index is 0.312. The standard InChI is InChI=1S/C15H16BrNS/c1-11-4-2-3-5-14(11)15(10-17)18-13-8-6-12(16)7-9-13/h2-9,15H,10,17H2,1H3. The van der Waals surface area contributed by atoms with E-state index in [1.807, 2.05) is 11.8 Å². The van der Waals surface area contributed by atoms with Gasteiger partial charge in [0.25, 0.3) is 0 Å². The van der Waals surface area contributed by atoms with E-state index >= 15 is 0 Å². The van der Waals surface area contributed by atoms with Crippen molar-refractivity contribution in [2.45, 2.75) is 17.1 Å². The minimum Gasteiger partial charge on any atom is -0.329 e. The number of nitrogens with two attached hydrogens (primary N) is 1. The van der Waals surface area contributed by atoms with Crippen LogP contribution in [0.5, 0.6) is 0 Å². The van der Waals surface area contributed by atoms with E-state index in [4.69, 9.17) is 5.73 Å². The zero-order valence-electron chi connectivity index (χ0n) is 10.3. The molecule has 94 valence electrons. The molecule has 0 bridgehead atoms. The molecule has 0 aromatic heterocycles. The average Bonchev–Trinajstić information content (AvgIpc) is 2.39. The second-order valence-corrected chi connectivity index (χ2v) is 6.34. The first-order valence-corrected chi connectivity index (χ1v) is 7.56. The molecule has 18 heavy (non-hydrogen) atoms. The van der Waals surface area contributed by atoms with Gasteiger partial charge in [-0.2, -0.15) is 0 Å². The van der Waals surface area contributed by atoms with Crippen LogP contribution in [0.15, 0.2) is 57.9 Å². The van der Waals surface area contributed by atoms with Crippen LogP contribution in [0.2, 0.25) is 0 Å². The maximum absolute atomic E-state index is 5.92. The van der Waals surface area contributed by atoms with Gasteiger partial charge in [-0.25, -0.2) is 0 Å². The maximum atomic E-state index is 5.92. The lowest BCUT2D eigenvalue weighted by atomic mass is 10.1. The van der Waals surface area contributed by atoms with Gasteiger partial charge in [-0.1, -0.05) is 40.2 Å². The number of hydrogen-bond acceptors (Lipinski definition) is 2. The molecule has 0 fully saturated rings. The number of thioether (sulfide) groups is 1. The molecule has 2 N–H and O–H groups in total. The van der Waals surface area contributed by atoms with Gasteiger partial charge in [0, 0.05) is 21.2 Å². The topological polar surface area (TPSA) is 26.0 Å². The highest BCUT2D eigenvalue weighted by molar-refractivity contribution is 9.10. The quantitative estimate of drug-likeness (QED) is 0.836. The Morgan fingerprint density at radius 1 is 1.11 bits per heavy atom. The summed E-state index contributed by atoms with van der Waals surface area (Å²) in [6.45, 7) is 2.78. The molecule has 0 heterocycles. The molecule has 0 amide bonds. The van der Waals surface area contributed by atoms with Gasteiger partial charge in [-0.3, -0.25) is 0 Å². The largest absolute Gasteiger partial charge is 0.329 e. The van der Waals surface area contributed by atoms with Crippen molar-refractivity contribution < 1.29 is 0 Å². The Labute approximate surface area is 121 Å². The first-order chi connectivity index (χ1) is 8.70. The summed E-state index contributed by atoms with van der Waals surface area (Å²) in [5.74, 6) is 0. The van der Waals surface area contributed by atoms with Crippen molar-refractivity contribution in [2.75, 3.05) is 6.54 Å². The Hall–Kier alpha value is -0.770. The molecule has 0 saturated carbocycles. The van der Waals surface area contributed by atoms with Crippen LogP contribution in [-0.4, -0.2) is 6.54 Å². The normalized spacial score (nSPS) is 12.4. The summed E-state index contributed by atoms with van der Waals surface area (Å²) in [5, 5.41) is 0.312. The SMILES string of the molecule is Cc1ccccc1C(CN)Sc1ccc(Br)cc1. The maximum Gasteiger partial charge on any atom is 0.0469 e. The zero-order chi connectivity index (χ0) is 13.0. The van der Waals surface area contributed by atoms with Gasteiger partial charge < -0.3 is 5.73 Å². The van der Waals surface area contributed by atoms with Crippen LogP contribution in [0.3, 0.4) is 0 Å². The number of rotatable bonds is 4. The highest BCUT2D eigenvalue weighted by Crippen LogP contribution is 2.36. The van der Waals surface area contributed by atoms with Crippen LogP contribution in [0.4, 0.5) is 0 Å². The predicted molar refractivity (Wildman–Crippen MR) is 83.0 cm³/mol. The summed E-state index contributed by atoms with van der Waals surface area (Å²) in [5.41, 5.74) is 8.55. The molecule has 0 aliphatic rings. The van der Waals surface area contributed by atoms with Gasteiger partial charge in [0.05, 0.1) is 0 Å². The third kappa shape index (κ3) is 3.37. The van der Waals surface area contributed by atoms with Crippen molar-refractivity contribution >= 4 is 27.7 Å². The first-order valence-electron chi connectivity index (χ1n) is 5.88. The second-order valence-electron chi connectivity index (χ2n) is 4.15. The highest BCUT2D eigenvalue weighted by atomic mass is 79.9. The van der Waals surface area contributed by atoms with E-state index in [1.54, 1.807) is 0 Å². The van der Waals surface area contributed by atoms with Gasteiger partial charge in [0.2, 0.25) is 0 Å². The Bertz CT molecular complexity index is 510. The average molecular weight is 322 g/mol. The van der Waals surface area contributed by atoms with E-state index in [0.29, 0.717) is 11.8 Å². The molecule has 2 aromatic rings. The molecular formula is C15H16BrNS. The number of benzene rings is 2. The third-order valence-electron chi connectivity index (χ3n) is 2.84. The fourth-order valence-electron chi connectivity index (χ4n) is 1.86. The van der Waals surface area contributed by atoms with E-state index < -0.39 is 0 Å². The molecule has 0 aliphatic heterocycles. The monoisotopic (exact) mass is 321 g/mol. The summed E-state index contributed by atoms with van der Waals surface area (Å²) in [4.78, 5) is 1.25. The third-order valence-corrected chi connectivity index (χ3v) is 4.65. The molecule has 0 radical (unpaired) electrons. The fourth-order valence-corrected chi connectivity index (χ4v) is 3.24. The first kappa shape index (κ1) is 13.7. The predicted octanol–water partition coefficient (Wildman–Crippen LogP) is 4.55. The summed E-state index contributed by atoms with van der Waals surface area (Å²) in [6.07, 6.45) is 0. The van der Waals surface area contributed by atoms with Gasteiger partial charge in [0.1, 0.15) is 0 Å². The van der Waals surface area contributed by atoms with E-state index in [-0.39, 0.29) is 0 Å². The molecule has 0 saturated heterocycles. The number of halogens is 1. The highest BCUT2D eigenvalue weighted by Gasteiger charge is 2.13. The van der Waals surface area contributed by atoms with Crippen LogP contribution < -0.4 is 5.73 Å². The Balaban J connectivity index is 2.20. The van der Waals surface area contributed by atoms with Crippen molar-refractivity contribution in [3.05, 3.63) is 64.1 Å². The van der Waals surface area contributed by atoms with Crippen molar-refractivity contribution in [2.24, 2.45) is 5.73 Å². The van der Waals surface area contributed by atoms with Gasteiger partial charge in [0.15, 0.2) is 0 Å². The number of hydrogen-bond donors (Lipinski definition) is 1. The molecule has 0 aliphatic carbocycles.